The minimum atomic E-state index is -0.868. The fourth-order valence-corrected chi connectivity index (χ4v) is 5.66. The molecule has 1 amide bonds. The number of ether oxygens (including phenoxy) is 2. The van der Waals surface area contributed by atoms with Crippen LogP contribution in [0.5, 0.6) is 0 Å². The lowest BCUT2D eigenvalue weighted by Crippen LogP contribution is -2.37. The highest BCUT2D eigenvalue weighted by Crippen LogP contribution is 2.34. The average molecular weight is 629 g/mol. The zero-order valence-electron chi connectivity index (χ0n) is 24.6. The molecule has 234 valence electrons. The summed E-state index contributed by atoms with van der Waals surface area (Å²) < 4.78 is 42.9. The molecule has 0 spiro atoms. The Balaban J connectivity index is 1.32. The Morgan fingerprint density at radius 1 is 1.14 bits per heavy atom. The molecule has 0 aliphatic heterocycles. The predicted molar refractivity (Wildman–Crippen MR) is 158 cm³/mol. The van der Waals surface area contributed by atoms with E-state index in [4.69, 9.17) is 15.2 Å². The second-order valence-corrected chi connectivity index (χ2v) is 11.7. The fraction of sp³-hybridized carbons (Fsp3) is 0.448. The lowest BCUT2D eigenvalue weighted by molar-refractivity contribution is -0.150. The predicted octanol–water partition coefficient (Wildman–Crippen LogP) is 4.80. The summed E-state index contributed by atoms with van der Waals surface area (Å²) in [6.45, 7) is 6.14. The van der Waals surface area contributed by atoms with Gasteiger partial charge in [-0.2, -0.15) is 14.6 Å². The van der Waals surface area contributed by atoms with Crippen molar-refractivity contribution in [2.45, 2.75) is 71.4 Å². The molecular formula is C29H34F2N8O4S. The number of carbonyl (C=O) groups excluding carboxylic acids is 2. The van der Waals surface area contributed by atoms with Gasteiger partial charge in [-0.3, -0.25) is 14.3 Å². The van der Waals surface area contributed by atoms with Crippen LogP contribution >= 0.6 is 11.3 Å². The maximum atomic E-state index is 14.8. The number of amides is 1. The number of anilines is 1. The number of nitrogens with zero attached hydrogens (tertiary/aromatic N) is 6. The normalized spacial score (nSPS) is 17.5. The van der Waals surface area contributed by atoms with Gasteiger partial charge in [-0.1, -0.05) is 13.8 Å². The molecule has 0 radical (unpaired) electrons. The Morgan fingerprint density at radius 3 is 2.64 bits per heavy atom. The standard InChI is InChI=1S/C29H34F2N8O4S/c1-4-42-19-7-5-18(6-8-19)39-13-21(26(37-39)25-20(30)9-10-23(31)36-25)34-27(40)22-14-44-28(35-22)17-11-33-38(12-17)15-43-29(41)24(32)16(2)3/h9-14,16,18-19,24H,4-8,15,32H2,1-3H3,(H,34,40)/t18-,19-,24?. The van der Waals surface area contributed by atoms with Gasteiger partial charge >= 0.3 is 5.97 Å². The SMILES string of the molecule is CCO[C@H]1CC[C@H](n2cc(NC(=O)c3csc(-c4cnn(COC(=O)C(N)C(C)C)c4)n3)c(-c3nc(F)ccc3F)n2)CC1. The van der Waals surface area contributed by atoms with Crippen molar-refractivity contribution in [3.05, 3.63) is 53.6 Å². The molecule has 1 unspecified atom stereocenters. The van der Waals surface area contributed by atoms with Crippen LogP contribution in [-0.2, 0) is 21.0 Å². The third-order valence-electron chi connectivity index (χ3n) is 7.38. The molecule has 0 bridgehead atoms. The number of pyridine rings is 1. The van der Waals surface area contributed by atoms with Crippen molar-refractivity contribution < 1.29 is 27.8 Å². The summed E-state index contributed by atoms with van der Waals surface area (Å²) in [5.74, 6) is -2.79. The van der Waals surface area contributed by atoms with Gasteiger partial charge in [0.25, 0.3) is 5.91 Å². The van der Waals surface area contributed by atoms with Crippen LogP contribution in [0.15, 0.2) is 36.1 Å². The Hall–Kier alpha value is -4.08. The summed E-state index contributed by atoms with van der Waals surface area (Å²) in [4.78, 5) is 33.5. The van der Waals surface area contributed by atoms with Crippen LogP contribution in [0.25, 0.3) is 22.0 Å². The summed E-state index contributed by atoms with van der Waals surface area (Å²) >= 11 is 1.22. The highest BCUT2D eigenvalue weighted by molar-refractivity contribution is 7.13. The first kappa shape index (κ1) is 31.3. The molecule has 1 fully saturated rings. The zero-order chi connectivity index (χ0) is 31.4. The van der Waals surface area contributed by atoms with E-state index in [0.717, 1.165) is 37.8 Å². The fourth-order valence-electron chi connectivity index (χ4n) is 4.88. The van der Waals surface area contributed by atoms with Crippen LogP contribution < -0.4 is 11.1 Å². The molecule has 4 aromatic heterocycles. The molecular weight excluding hydrogens is 594 g/mol. The third kappa shape index (κ3) is 7.17. The molecule has 0 saturated heterocycles. The molecule has 4 heterocycles. The number of hydrogen-bond donors (Lipinski definition) is 2. The van der Waals surface area contributed by atoms with Gasteiger partial charge in [-0.05, 0) is 50.7 Å². The molecule has 3 N–H and O–H groups in total. The number of carbonyl (C=O) groups is 2. The van der Waals surface area contributed by atoms with Gasteiger partial charge in [0.15, 0.2) is 12.5 Å². The summed E-state index contributed by atoms with van der Waals surface area (Å²) in [7, 11) is 0. The molecule has 44 heavy (non-hydrogen) atoms. The van der Waals surface area contributed by atoms with Crippen LogP contribution in [-0.4, -0.2) is 60.2 Å². The summed E-state index contributed by atoms with van der Waals surface area (Å²) in [6, 6.07) is 1.16. The number of nitrogens with two attached hydrogens (primary N) is 1. The zero-order valence-corrected chi connectivity index (χ0v) is 25.4. The molecule has 12 nitrogen and oxygen atoms in total. The van der Waals surface area contributed by atoms with Gasteiger partial charge in [-0.15, -0.1) is 11.3 Å². The quantitative estimate of drug-likeness (QED) is 0.176. The van der Waals surface area contributed by atoms with Gasteiger partial charge in [0, 0.05) is 29.9 Å². The van der Waals surface area contributed by atoms with Crippen LogP contribution in [0.2, 0.25) is 0 Å². The van der Waals surface area contributed by atoms with E-state index in [1.54, 1.807) is 22.5 Å². The van der Waals surface area contributed by atoms with Gasteiger partial charge in [0.1, 0.15) is 28.1 Å². The minimum absolute atomic E-state index is 0.00414. The van der Waals surface area contributed by atoms with Gasteiger partial charge < -0.3 is 20.5 Å². The van der Waals surface area contributed by atoms with Crippen LogP contribution in [0, 0.1) is 17.7 Å². The maximum absolute atomic E-state index is 14.8. The van der Waals surface area contributed by atoms with Crippen molar-refractivity contribution in [1.29, 1.82) is 0 Å². The second kappa shape index (κ2) is 13.7. The van der Waals surface area contributed by atoms with E-state index in [1.165, 1.54) is 22.2 Å². The van der Waals surface area contributed by atoms with E-state index in [-0.39, 0.29) is 47.6 Å². The van der Waals surface area contributed by atoms with Gasteiger partial charge in [0.2, 0.25) is 5.95 Å². The average Bonchev–Trinajstić information content (AvgIpc) is 3.77. The number of nitrogens with one attached hydrogen (secondary N) is 1. The molecule has 4 aromatic rings. The largest absolute Gasteiger partial charge is 0.441 e. The van der Waals surface area contributed by atoms with Crippen molar-refractivity contribution in [3.8, 4) is 22.0 Å². The van der Waals surface area contributed by atoms with Crippen molar-refractivity contribution in [1.82, 2.24) is 29.5 Å². The number of thiazole rings is 1. The Morgan fingerprint density at radius 2 is 1.91 bits per heavy atom. The molecule has 0 aromatic carbocycles. The second-order valence-electron chi connectivity index (χ2n) is 10.8. The van der Waals surface area contributed by atoms with E-state index in [2.05, 4.69) is 25.5 Å². The first-order valence-electron chi connectivity index (χ1n) is 14.4. The Bertz CT molecular complexity index is 1610. The van der Waals surface area contributed by atoms with Crippen molar-refractivity contribution in [3.63, 3.8) is 0 Å². The summed E-state index contributed by atoms with van der Waals surface area (Å²) in [5.41, 5.74) is 6.44. The lowest BCUT2D eigenvalue weighted by Gasteiger charge is -2.28. The molecule has 1 aliphatic carbocycles. The molecule has 1 atom stereocenters. The van der Waals surface area contributed by atoms with Crippen LogP contribution in [0.1, 0.15) is 63.0 Å². The monoisotopic (exact) mass is 628 g/mol. The molecule has 5 rings (SSSR count). The summed E-state index contributed by atoms with van der Waals surface area (Å²) in [5, 5.41) is 13.6. The van der Waals surface area contributed by atoms with Crippen LogP contribution in [0.4, 0.5) is 14.5 Å². The first-order valence-corrected chi connectivity index (χ1v) is 15.3. The van der Waals surface area contributed by atoms with E-state index >= 15 is 0 Å². The van der Waals surface area contributed by atoms with Crippen molar-refractivity contribution in [2.24, 2.45) is 11.7 Å². The number of halogens is 2. The van der Waals surface area contributed by atoms with Crippen LogP contribution in [0.3, 0.4) is 0 Å². The van der Waals surface area contributed by atoms with E-state index in [0.29, 0.717) is 17.2 Å². The third-order valence-corrected chi connectivity index (χ3v) is 8.27. The summed E-state index contributed by atoms with van der Waals surface area (Å²) in [6.07, 6.45) is 8.22. The van der Waals surface area contributed by atoms with E-state index in [9.17, 15) is 18.4 Å². The highest BCUT2D eigenvalue weighted by Gasteiger charge is 2.27. The molecule has 15 heteroatoms. The smallest absolute Gasteiger partial charge is 0.324 e. The van der Waals surface area contributed by atoms with Gasteiger partial charge in [0.05, 0.1) is 24.0 Å². The minimum Gasteiger partial charge on any atom is -0.441 e. The number of rotatable bonds is 11. The highest BCUT2D eigenvalue weighted by atomic mass is 32.1. The van der Waals surface area contributed by atoms with E-state index < -0.39 is 29.7 Å². The van der Waals surface area contributed by atoms with Crippen molar-refractivity contribution in [2.75, 3.05) is 11.9 Å². The maximum Gasteiger partial charge on any atom is 0.324 e. The van der Waals surface area contributed by atoms with E-state index in [1.807, 2.05) is 20.8 Å². The molecule has 1 saturated carbocycles. The van der Waals surface area contributed by atoms with Crippen molar-refractivity contribution >= 4 is 28.9 Å². The Kier molecular flexibility index (Phi) is 9.76. The number of esters is 1. The topological polar surface area (TPSA) is 152 Å². The van der Waals surface area contributed by atoms with Gasteiger partial charge in [-0.25, -0.2) is 19.0 Å². The number of aromatic nitrogens is 6. The lowest BCUT2D eigenvalue weighted by atomic mass is 9.93. The Labute approximate surface area is 256 Å². The molecule has 1 aliphatic rings. The number of hydrogen-bond acceptors (Lipinski definition) is 10. The first-order chi connectivity index (χ1) is 21.1.